The van der Waals surface area contributed by atoms with E-state index in [2.05, 4.69) is 15.4 Å². The fourth-order valence-electron chi connectivity index (χ4n) is 2.57. The highest BCUT2D eigenvalue weighted by atomic mass is 16.2. The number of nitrogens with zero attached hydrogens (tertiary/aromatic N) is 3. The summed E-state index contributed by atoms with van der Waals surface area (Å²) in [6.07, 6.45) is 11.3. The van der Waals surface area contributed by atoms with E-state index in [1.54, 1.807) is 30.6 Å². The van der Waals surface area contributed by atoms with Gasteiger partial charge in [-0.1, -0.05) is 18.6 Å². The molecular formula is C16H16N4O2. The number of hydrogen-bond donors (Lipinski definition) is 1. The van der Waals surface area contributed by atoms with E-state index in [9.17, 15) is 9.59 Å². The Labute approximate surface area is 127 Å². The molecular weight excluding hydrogens is 280 g/mol. The monoisotopic (exact) mass is 296 g/mol. The molecule has 0 aromatic carbocycles. The lowest BCUT2D eigenvalue weighted by Gasteiger charge is -2.26. The van der Waals surface area contributed by atoms with Gasteiger partial charge in [-0.15, -0.1) is 0 Å². The Morgan fingerprint density at radius 1 is 1.45 bits per heavy atom. The van der Waals surface area contributed by atoms with Crippen LogP contribution in [0.4, 0.5) is 0 Å². The van der Waals surface area contributed by atoms with Gasteiger partial charge in [0.1, 0.15) is 6.54 Å². The Morgan fingerprint density at radius 2 is 2.32 bits per heavy atom. The van der Waals surface area contributed by atoms with Crippen LogP contribution in [0.1, 0.15) is 13.3 Å². The van der Waals surface area contributed by atoms with E-state index >= 15 is 0 Å². The van der Waals surface area contributed by atoms with Crippen molar-refractivity contribution in [3.63, 3.8) is 0 Å². The summed E-state index contributed by atoms with van der Waals surface area (Å²) < 4.78 is 1.52. The van der Waals surface area contributed by atoms with Crippen LogP contribution in [-0.2, 0) is 16.1 Å². The first-order valence-electron chi connectivity index (χ1n) is 7.16. The summed E-state index contributed by atoms with van der Waals surface area (Å²) in [5.41, 5.74) is 2.38. The highest BCUT2D eigenvalue weighted by Gasteiger charge is 2.25. The van der Waals surface area contributed by atoms with Gasteiger partial charge < -0.3 is 5.32 Å². The van der Waals surface area contributed by atoms with E-state index in [1.165, 1.54) is 4.68 Å². The summed E-state index contributed by atoms with van der Waals surface area (Å²) in [4.78, 5) is 27.6. The molecule has 3 rings (SSSR count). The first kappa shape index (κ1) is 14.2. The number of rotatable bonds is 3. The first-order valence-corrected chi connectivity index (χ1v) is 7.16. The zero-order chi connectivity index (χ0) is 15.5. The second-order valence-corrected chi connectivity index (χ2v) is 5.13. The van der Waals surface area contributed by atoms with Crippen LogP contribution in [0.25, 0.3) is 0 Å². The summed E-state index contributed by atoms with van der Waals surface area (Å²) in [7, 11) is 0. The van der Waals surface area contributed by atoms with Gasteiger partial charge in [0, 0.05) is 30.1 Å². The van der Waals surface area contributed by atoms with Crippen LogP contribution in [-0.4, -0.2) is 27.3 Å². The molecule has 1 aliphatic heterocycles. The number of aromatic nitrogens is 2. The predicted octanol–water partition coefficient (Wildman–Crippen LogP) is 1.39. The van der Waals surface area contributed by atoms with Crippen LogP contribution in [0.15, 0.2) is 59.0 Å². The standard InChI is InChI=1S/C16H16N4O2/c1-2-11-8-15(21)19-14-9-12(4-5-13(11)14)18-16(22)10-20-7-3-6-17-20/h3-9,13H,2,10H2,1H3,(H,19,21). The van der Waals surface area contributed by atoms with Crippen molar-refractivity contribution in [1.82, 2.24) is 15.1 Å². The Kier molecular flexibility index (Phi) is 3.82. The zero-order valence-corrected chi connectivity index (χ0v) is 12.2. The Hall–Kier alpha value is -2.76. The summed E-state index contributed by atoms with van der Waals surface area (Å²) in [5.74, 6) is -0.341. The molecule has 2 heterocycles. The molecule has 0 spiro atoms. The van der Waals surface area contributed by atoms with Gasteiger partial charge in [0.05, 0.1) is 5.71 Å². The van der Waals surface area contributed by atoms with Crippen LogP contribution in [0.5, 0.6) is 0 Å². The number of amides is 2. The van der Waals surface area contributed by atoms with Crippen molar-refractivity contribution in [2.45, 2.75) is 19.9 Å². The van der Waals surface area contributed by atoms with Crippen molar-refractivity contribution in [2.24, 2.45) is 10.9 Å². The lowest BCUT2D eigenvalue weighted by molar-refractivity contribution is -0.118. The maximum absolute atomic E-state index is 11.9. The van der Waals surface area contributed by atoms with Crippen molar-refractivity contribution in [3.8, 4) is 0 Å². The number of fused-ring (bicyclic) bond motifs is 1. The average molecular weight is 296 g/mol. The molecule has 1 N–H and O–H groups in total. The van der Waals surface area contributed by atoms with E-state index in [0.29, 0.717) is 5.71 Å². The van der Waals surface area contributed by atoms with E-state index < -0.39 is 0 Å². The van der Waals surface area contributed by atoms with Crippen molar-refractivity contribution in [1.29, 1.82) is 0 Å². The third-order valence-electron chi connectivity index (χ3n) is 3.60. The minimum Gasteiger partial charge on any atom is -0.325 e. The molecule has 0 saturated carbocycles. The number of aliphatic imine (C=N–C) groups is 1. The lowest BCUT2D eigenvalue weighted by Crippen LogP contribution is -2.33. The predicted molar refractivity (Wildman–Crippen MR) is 81.9 cm³/mol. The molecule has 22 heavy (non-hydrogen) atoms. The lowest BCUT2D eigenvalue weighted by atomic mass is 9.86. The maximum Gasteiger partial charge on any atom is 0.267 e. The number of allylic oxidation sites excluding steroid dienone is 3. The van der Waals surface area contributed by atoms with Crippen molar-refractivity contribution < 1.29 is 9.59 Å². The van der Waals surface area contributed by atoms with E-state index in [0.717, 1.165) is 17.7 Å². The van der Waals surface area contributed by atoms with Gasteiger partial charge in [0.15, 0.2) is 0 Å². The largest absolute Gasteiger partial charge is 0.325 e. The fourth-order valence-corrected chi connectivity index (χ4v) is 2.57. The van der Waals surface area contributed by atoms with Gasteiger partial charge in [0.25, 0.3) is 5.91 Å². The van der Waals surface area contributed by atoms with Crippen molar-refractivity contribution in [2.75, 3.05) is 0 Å². The minimum absolute atomic E-state index is 0.0721. The molecule has 0 bridgehead atoms. The van der Waals surface area contributed by atoms with Gasteiger partial charge in [-0.25, -0.2) is 4.99 Å². The average Bonchev–Trinajstić information content (AvgIpc) is 2.98. The molecule has 1 unspecified atom stereocenters. The zero-order valence-electron chi connectivity index (χ0n) is 12.2. The summed E-state index contributed by atoms with van der Waals surface area (Å²) in [6.45, 7) is 2.12. The molecule has 0 saturated heterocycles. The van der Waals surface area contributed by atoms with Gasteiger partial charge in [-0.05, 0) is 24.6 Å². The van der Waals surface area contributed by atoms with Gasteiger partial charge in [-0.2, -0.15) is 5.10 Å². The summed E-state index contributed by atoms with van der Waals surface area (Å²) in [5, 5.41) is 6.79. The quantitative estimate of drug-likeness (QED) is 0.915. The van der Waals surface area contributed by atoms with E-state index in [1.807, 2.05) is 19.1 Å². The molecule has 0 radical (unpaired) electrons. The van der Waals surface area contributed by atoms with E-state index in [4.69, 9.17) is 0 Å². The SMILES string of the molecule is CCC1=CC(=O)NC2=CC(=NC(=O)Cn3cccn3)C=CC12. The number of carbonyl (C=O) groups excluding carboxylic acids is 2. The molecule has 2 aliphatic rings. The fraction of sp³-hybridized carbons (Fsp3) is 0.250. The Bertz CT molecular complexity index is 723. The number of carbonyl (C=O) groups is 2. The van der Waals surface area contributed by atoms with E-state index in [-0.39, 0.29) is 24.3 Å². The highest BCUT2D eigenvalue weighted by Crippen LogP contribution is 2.28. The molecule has 2 amide bonds. The third-order valence-corrected chi connectivity index (χ3v) is 3.60. The normalized spacial score (nSPS) is 22.0. The third kappa shape index (κ3) is 2.95. The highest BCUT2D eigenvalue weighted by molar-refractivity contribution is 6.11. The van der Waals surface area contributed by atoms with Crippen LogP contribution in [0.3, 0.4) is 0 Å². The maximum atomic E-state index is 11.9. The van der Waals surface area contributed by atoms with Crippen molar-refractivity contribution >= 4 is 17.5 Å². The number of hydrogen-bond acceptors (Lipinski definition) is 3. The molecule has 1 aromatic rings. The Balaban J connectivity index is 1.78. The second kappa shape index (κ2) is 5.93. The van der Waals surface area contributed by atoms with Gasteiger partial charge in [0.2, 0.25) is 5.91 Å². The number of nitrogens with one attached hydrogen (secondary N) is 1. The van der Waals surface area contributed by atoms with Crippen LogP contribution in [0.2, 0.25) is 0 Å². The molecule has 6 nitrogen and oxygen atoms in total. The van der Waals surface area contributed by atoms with Crippen LogP contribution in [0, 0.1) is 5.92 Å². The molecule has 112 valence electrons. The van der Waals surface area contributed by atoms with Gasteiger partial charge in [-0.3, -0.25) is 14.3 Å². The Morgan fingerprint density at radius 3 is 3.05 bits per heavy atom. The topological polar surface area (TPSA) is 76.3 Å². The smallest absolute Gasteiger partial charge is 0.267 e. The summed E-state index contributed by atoms with van der Waals surface area (Å²) in [6, 6.07) is 1.75. The minimum atomic E-state index is -0.285. The molecule has 6 heteroatoms. The molecule has 1 aromatic heterocycles. The first-order chi connectivity index (χ1) is 10.7. The van der Waals surface area contributed by atoms with Crippen LogP contribution >= 0.6 is 0 Å². The molecule has 1 aliphatic carbocycles. The van der Waals surface area contributed by atoms with Crippen molar-refractivity contribution in [3.05, 3.63) is 54.0 Å². The summed E-state index contributed by atoms with van der Waals surface area (Å²) >= 11 is 0. The molecule has 0 fully saturated rings. The molecule has 1 atom stereocenters. The van der Waals surface area contributed by atoms with Gasteiger partial charge >= 0.3 is 0 Å². The van der Waals surface area contributed by atoms with Crippen LogP contribution < -0.4 is 5.32 Å². The second-order valence-electron chi connectivity index (χ2n) is 5.13.